The number of benzene rings is 1. The van der Waals surface area contributed by atoms with Gasteiger partial charge in [0.15, 0.2) is 5.75 Å². The van der Waals surface area contributed by atoms with Gasteiger partial charge in [0.25, 0.3) is 5.22 Å². The van der Waals surface area contributed by atoms with Crippen molar-refractivity contribution in [1.29, 1.82) is 0 Å². The third-order valence-corrected chi connectivity index (χ3v) is 3.45. The first kappa shape index (κ1) is 16.5. The molecule has 2 rings (SSSR count). The Hall–Kier alpha value is -2.88. The molecule has 9 nitrogen and oxygen atoms in total. The Morgan fingerprint density at radius 1 is 1.43 bits per heavy atom. The quantitative estimate of drug-likeness (QED) is 0.330. The number of hydrogen-bond donors (Lipinski definition) is 0. The molecular formula is C13H10N3O6S-. The van der Waals surface area contributed by atoms with Crippen molar-refractivity contribution in [2.24, 2.45) is 0 Å². The fraction of sp³-hybridized carbons (Fsp3) is 0.154. The van der Waals surface area contributed by atoms with Crippen molar-refractivity contribution in [3.8, 4) is 5.75 Å². The van der Waals surface area contributed by atoms with Gasteiger partial charge in [-0.3, -0.25) is 10.1 Å². The van der Waals surface area contributed by atoms with E-state index in [1.54, 1.807) is 6.92 Å². The van der Waals surface area contributed by atoms with Gasteiger partial charge in [0.1, 0.15) is 0 Å². The van der Waals surface area contributed by atoms with Crippen molar-refractivity contribution in [2.75, 3.05) is 7.11 Å². The molecule has 0 amide bonds. The van der Waals surface area contributed by atoms with Gasteiger partial charge in [-0.15, -0.1) is 10.2 Å². The van der Waals surface area contributed by atoms with Gasteiger partial charge in [-0.1, -0.05) is 6.07 Å². The number of rotatable bonds is 6. The maximum absolute atomic E-state index is 11.2. The summed E-state index contributed by atoms with van der Waals surface area (Å²) in [6.07, 6.45) is 1.21. The monoisotopic (exact) mass is 336 g/mol. The Morgan fingerprint density at radius 2 is 2.17 bits per heavy atom. The molecule has 0 aliphatic carbocycles. The van der Waals surface area contributed by atoms with Crippen molar-refractivity contribution < 1.29 is 24.0 Å². The predicted molar refractivity (Wildman–Crippen MR) is 77.5 cm³/mol. The molecule has 1 aromatic heterocycles. The summed E-state index contributed by atoms with van der Waals surface area (Å²) in [5.41, 5.74) is 0.0121. The summed E-state index contributed by atoms with van der Waals surface area (Å²) in [6, 6.07) is 4.05. The van der Waals surface area contributed by atoms with Crippen LogP contribution in [0.1, 0.15) is 11.5 Å². The van der Waals surface area contributed by atoms with Crippen LogP contribution in [0.15, 0.2) is 32.7 Å². The van der Waals surface area contributed by atoms with Crippen molar-refractivity contribution >= 4 is 29.5 Å². The molecule has 23 heavy (non-hydrogen) atoms. The van der Waals surface area contributed by atoms with Gasteiger partial charge in [0.2, 0.25) is 5.89 Å². The van der Waals surface area contributed by atoms with E-state index in [0.717, 1.165) is 0 Å². The number of ether oxygens (including phenoxy) is 1. The van der Waals surface area contributed by atoms with Crippen molar-refractivity contribution in [2.45, 2.75) is 12.1 Å². The van der Waals surface area contributed by atoms with Crippen molar-refractivity contribution in [1.82, 2.24) is 10.2 Å². The SMILES string of the molecule is COc1ccc(/C=C(\Sc2nnc(C)o2)C(=O)[O-])cc1[N+](=O)[O-]. The number of carboxylic acids is 1. The highest BCUT2D eigenvalue weighted by Crippen LogP contribution is 2.31. The lowest BCUT2D eigenvalue weighted by Gasteiger charge is -2.06. The molecule has 0 saturated carbocycles. The van der Waals surface area contributed by atoms with Gasteiger partial charge in [-0.25, -0.2) is 0 Å². The van der Waals surface area contributed by atoms with E-state index in [-0.39, 0.29) is 27.5 Å². The first-order chi connectivity index (χ1) is 10.9. The molecule has 0 radical (unpaired) electrons. The number of aromatic nitrogens is 2. The third kappa shape index (κ3) is 4.07. The molecule has 1 aromatic carbocycles. The molecule has 0 aliphatic rings. The molecule has 0 bridgehead atoms. The average Bonchev–Trinajstić information content (AvgIpc) is 2.91. The first-order valence-electron chi connectivity index (χ1n) is 6.14. The highest BCUT2D eigenvalue weighted by Gasteiger charge is 2.15. The lowest BCUT2D eigenvalue weighted by molar-refractivity contribution is -0.385. The summed E-state index contributed by atoms with van der Waals surface area (Å²) < 4.78 is 9.96. The lowest BCUT2D eigenvalue weighted by atomic mass is 10.1. The van der Waals surface area contributed by atoms with Crippen molar-refractivity contribution in [3.05, 3.63) is 44.7 Å². The second-order valence-electron chi connectivity index (χ2n) is 4.17. The van der Waals surface area contributed by atoms with Crippen LogP contribution in [0.3, 0.4) is 0 Å². The van der Waals surface area contributed by atoms with E-state index in [9.17, 15) is 20.0 Å². The summed E-state index contributed by atoms with van der Waals surface area (Å²) >= 11 is 0.694. The van der Waals surface area contributed by atoms with Crippen LogP contribution in [0, 0.1) is 17.0 Å². The van der Waals surface area contributed by atoms with Crippen LogP contribution >= 0.6 is 11.8 Å². The standard InChI is InChI=1S/C13H11N3O6S/c1-7-14-15-13(22-7)23-11(12(17)18)6-8-3-4-10(21-2)9(5-8)16(19)20/h3-6H,1-2H3,(H,17,18)/p-1/b11-6-. The second kappa shape index (κ2) is 6.92. The molecule has 0 atom stereocenters. The van der Waals surface area contributed by atoms with E-state index in [4.69, 9.17) is 9.15 Å². The number of thioether (sulfide) groups is 1. The fourth-order valence-electron chi connectivity index (χ4n) is 1.63. The molecule has 2 aromatic rings. The number of carbonyl (C=O) groups excluding carboxylic acids is 1. The van der Waals surface area contributed by atoms with E-state index in [2.05, 4.69) is 10.2 Å². The predicted octanol–water partition coefficient (Wildman–Crippen LogP) is 1.18. The van der Waals surface area contributed by atoms with Crippen LogP contribution in [0.25, 0.3) is 6.08 Å². The van der Waals surface area contributed by atoms with E-state index < -0.39 is 10.9 Å². The van der Waals surface area contributed by atoms with Gasteiger partial charge in [-0.2, -0.15) is 0 Å². The fourth-order valence-corrected chi connectivity index (χ4v) is 2.35. The normalized spacial score (nSPS) is 11.3. The Kier molecular flexibility index (Phi) is 4.96. The smallest absolute Gasteiger partial charge is 0.311 e. The summed E-state index contributed by atoms with van der Waals surface area (Å²) in [5.74, 6) is -1.11. The van der Waals surface area contributed by atoms with Crippen LogP contribution in [-0.2, 0) is 4.79 Å². The molecule has 10 heteroatoms. The topological polar surface area (TPSA) is 131 Å². The second-order valence-corrected chi connectivity index (χ2v) is 5.17. The highest BCUT2D eigenvalue weighted by molar-refractivity contribution is 8.03. The van der Waals surface area contributed by atoms with Crippen LogP contribution < -0.4 is 9.84 Å². The zero-order chi connectivity index (χ0) is 17.0. The zero-order valence-corrected chi connectivity index (χ0v) is 12.8. The number of hydrogen-bond acceptors (Lipinski definition) is 9. The Balaban J connectivity index is 2.37. The number of aliphatic carboxylic acids is 1. The van der Waals surface area contributed by atoms with Gasteiger partial charge >= 0.3 is 5.69 Å². The van der Waals surface area contributed by atoms with E-state index in [0.29, 0.717) is 17.3 Å². The van der Waals surface area contributed by atoms with E-state index >= 15 is 0 Å². The van der Waals surface area contributed by atoms with Gasteiger partial charge < -0.3 is 19.1 Å². The van der Waals surface area contributed by atoms with Gasteiger partial charge in [0.05, 0.1) is 18.0 Å². The Bertz CT molecular complexity index is 786. The summed E-state index contributed by atoms with van der Waals surface area (Å²) in [4.78, 5) is 21.3. The van der Waals surface area contributed by atoms with Crippen LogP contribution in [0.5, 0.6) is 5.75 Å². The maximum atomic E-state index is 11.2. The van der Waals surface area contributed by atoms with E-state index in [1.807, 2.05) is 0 Å². The number of nitro groups is 1. The Labute approximate surface area is 134 Å². The van der Waals surface area contributed by atoms with Crippen molar-refractivity contribution in [3.63, 3.8) is 0 Å². The molecule has 0 saturated heterocycles. The molecular weight excluding hydrogens is 326 g/mol. The van der Waals surface area contributed by atoms with Gasteiger partial charge in [-0.05, 0) is 29.5 Å². The number of carboxylic acid groups (broad SMARTS) is 1. The minimum atomic E-state index is -1.47. The molecule has 0 N–H and O–H groups in total. The first-order valence-corrected chi connectivity index (χ1v) is 6.95. The minimum Gasteiger partial charge on any atom is -0.544 e. The highest BCUT2D eigenvalue weighted by atomic mass is 32.2. The number of nitrogens with zero attached hydrogens (tertiary/aromatic N) is 3. The summed E-state index contributed by atoms with van der Waals surface area (Å²) in [5, 5.41) is 29.5. The molecule has 120 valence electrons. The maximum Gasteiger partial charge on any atom is 0.311 e. The van der Waals surface area contributed by atoms with Crippen LogP contribution in [0.4, 0.5) is 5.69 Å². The summed E-state index contributed by atoms with van der Waals surface area (Å²) in [7, 11) is 1.30. The number of aryl methyl sites for hydroxylation is 1. The van der Waals surface area contributed by atoms with Gasteiger partial charge in [0, 0.05) is 17.9 Å². The summed E-state index contributed by atoms with van der Waals surface area (Å²) in [6.45, 7) is 1.56. The minimum absolute atomic E-state index is 0.0287. The largest absolute Gasteiger partial charge is 0.544 e. The molecule has 1 heterocycles. The number of carbonyl (C=O) groups is 1. The molecule has 0 unspecified atom stereocenters. The molecule has 0 aliphatic heterocycles. The third-order valence-electron chi connectivity index (χ3n) is 2.60. The average molecular weight is 336 g/mol. The van der Waals surface area contributed by atoms with Crippen LogP contribution in [-0.4, -0.2) is 28.2 Å². The van der Waals surface area contributed by atoms with Crippen LogP contribution in [0.2, 0.25) is 0 Å². The number of methoxy groups -OCH3 is 1. The lowest BCUT2D eigenvalue weighted by Crippen LogP contribution is -2.23. The molecule has 0 fully saturated rings. The number of nitro benzene ring substituents is 1. The molecule has 0 spiro atoms. The Morgan fingerprint density at radius 3 is 2.70 bits per heavy atom. The van der Waals surface area contributed by atoms with E-state index in [1.165, 1.54) is 31.4 Å². The zero-order valence-electron chi connectivity index (χ0n) is 12.0.